The van der Waals surface area contributed by atoms with E-state index in [0.717, 1.165) is 0 Å². The molecule has 0 fully saturated rings. The Hall–Kier alpha value is -0.160. The third kappa shape index (κ3) is 9.84. The Labute approximate surface area is 75.0 Å². The molecule has 0 heterocycles. The number of hydrogen-bond acceptors (Lipinski definition) is 4. The lowest BCUT2D eigenvalue weighted by Gasteiger charge is -2.12. The minimum Gasteiger partial charge on any atom is -0.364 e. The van der Waals surface area contributed by atoms with E-state index < -0.39 is 0 Å². The van der Waals surface area contributed by atoms with Crippen molar-refractivity contribution in [2.45, 2.75) is 0 Å². The first kappa shape index (κ1) is 11.8. The minimum absolute atomic E-state index is 0.658. The fourth-order valence-corrected chi connectivity index (χ4v) is 0.612. The second-order valence-corrected chi connectivity index (χ2v) is 3.23. The first-order valence-corrected chi connectivity index (χ1v) is 4.08. The molecular weight excluding hydrogens is 156 g/mol. The molecule has 0 rings (SSSR count). The Bertz CT molecular complexity index is 85.1. The molecule has 0 aliphatic carbocycles. The molecule has 0 aromatic heterocycles. The summed E-state index contributed by atoms with van der Waals surface area (Å²) in [6, 6.07) is 0. The second-order valence-electron chi connectivity index (χ2n) is 3.23. The third-order valence-corrected chi connectivity index (χ3v) is 1.07. The Morgan fingerprint density at radius 2 is 1.08 bits per heavy atom. The summed E-state index contributed by atoms with van der Waals surface area (Å²) in [5.41, 5.74) is 0. The molecule has 74 valence electrons. The summed E-state index contributed by atoms with van der Waals surface area (Å²) in [5, 5.41) is 0. The third-order valence-electron chi connectivity index (χ3n) is 1.07. The first-order valence-electron chi connectivity index (χ1n) is 4.08. The van der Waals surface area contributed by atoms with Gasteiger partial charge >= 0.3 is 0 Å². The van der Waals surface area contributed by atoms with E-state index in [1.54, 1.807) is 0 Å². The molecule has 0 aliphatic heterocycles. The first-order chi connectivity index (χ1) is 5.63. The van der Waals surface area contributed by atoms with Gasteiger partial charge in [0.05, 0.1) is 26.7 Å². The summed E-state index contributed by atoms with van der Waals surface area (Å²) in [6.07, 6.45) is 0. The van der Waals surface area contributed by atoms with E-state index in [1.165, 1.54) is 0 Å². The normalized spacial score (nSPS) is 11.5. The lowest BCUT2D eigenvalue weighted by molar-refractivity contribution is -0.0123. The molecule has 12 heavy (non-hydrogen) atoms. The predicted octanol–water partition coefficient (Wildman–Crippen LogP) is 0.0578. The van der Waals surface area contributed by atoms with Gasteiger partial charge in [-0.3, -0.25) is 9.80 Å². The average Bonchev–Trinajstić information content (AvgIpc) is 1.95. The van der Waals surface area contributed by atoms with Crippen molar-refractivity contribution >= 4 is 0 Å². The van der Waals surface area contributed by atoms with Crippen molar-refractivity contribution < 1.29 is 9.47 Å². The lowest BCUT2D eigenvalue weighted by Crippen LogP contribution is -2.21. The van der Waals surface area contributed by atoms with E-state index in [9.17, 15) is 0 Å². The molecule has 0 aromatic rings. The van der Waals surface area contributed by atoms with Crippen LogP contribution in [0.4, 0.5) is 0 Å². The number of hydrogen-bond donors (Lipinski definition) is 0. The maximum Gasteiger partial charge on any atom is 0.0986 e. The molecule has 0 aromatic carbocycles. The van der Waals surface area contributed by atoms with E-state index in [1.807, 2.05) is 38.0 Å². The van der Waals surface area contributed by atoms with Crippen LogP contribution in [-0.4, -0.2) is 64.7 Å². The number of nitrogens with zero attached hydrogens (tertiary/aromatic N) is 2. The summed E-state index contributed by atoms with van der Waals surface area (Å²) in [5.74, 6) is 0. The van der Waals surface area contributed by atoms with Gasteiger partial charge in [-0.25, -0.2) is 0 Å². The van der Waals surface area contributed by atoms with E-state index in [2.05, 4.69) is 0 Å². The van der Waals surface area contributed by atoms with E-state index in [-0.39, 0.29) is 0 Å². The van der Waals surface area contributed by atoms with Crippen LogP contribution < -0.4 is 0 Å². The Morgan fingerprint density at radius 1 is 0.750 bits per heavy atom. The quantitative estimate of drug-likeness (QED) is 0.404. The maximum atomic E-state index is 5.26. The summed E-state index contributed by atoms with van der Waals surface area (Å²) in [6.45, 7) is 2.63. The van der Waals surface area contributed by atoms with E-state index in [4.69, 9.17) is 9.47 Å². The van der Waals surface area contributed by atoms with Gasteiger partial charge < -0.3 is 9.47 Å². The van der Waals surface area contributed by atoms with Crippen molar-refractivity contribution in [2.75, 3.05) is 54.9 Å². The van der Waals surface area contributed by atoms with Crippen LogP contribution in [-0.2, 0) is 9.47 Å². The van der Waals surface area contributed by atoms with E-state index in [0.29, 0.717) is 26.7 Å². The van der Waals surface area contributed by atoms with Crippen LogP contribution >= 0.6 is 0 Å². The van der Waals surface area contributed by atoms with Gasteiger partial charge in [0.15, 0.2) is 0 Å². The minimum atomic E-state index is 0.658. The predicted molar refractivity (Wildman–Crippen MR) is 49.0 cm³/mol. The molecule has 0 atom stereocenters. The molecule has 0 amide bonds. The Balaban J connectivity index is 2.91. The second kappa shape index (κ2) is 7.49. The summed E-state index contributed by atoms with van der Waals surface area (Å²) >= 11 is 0. The highest BCUT2D eigenvalue weighted by molar-refractivity contribution is 4.31. The molecule has 4 heteroatoms. The number of ether oxygens (including phenoxy) is 2. The molecule has 0 saturated carbocycles. The van der Waals surface area contributed by atoms with Crippen LogP contribution in [0.3, 0.4) is 0 Å². The monoisotopic (exact) mass is 176 g/mol. The maximum absolute atomic E-state index is 5.26. The van der Waals surface area contributed by atoms with Gasteiger partial charge in [0, 0.05) is 0 Å². The molecule has 0 N–H and O–H groups in total. The zero-order chi connectivity index (χ0) is 9.40. The molecule has 0 spiro atoms. The van der Waals surface area contributed by atoms with Gasteiger partial charge in [-0.05, 0) is 28.2 Å². The lowest BCUT2D eigenvalue weighted by atomic mass is 10.7. The molecule has 0 unspecified atom stereocenters. The largest absolute Gasteiger partial charge is 0.364 e. The number of rotatable bonds is 7. The van der Waals surface area contributed by atoms with Crippen LogP contribution in [0, 0.1) is 0 Å². The molecule has 0 saturated heterocycles. The van der Waals surface area contributed by atoms with Crippen molar-refractivity contribution in [1.82, 2.24) is 9.80 Å². The van der Waals surface area contributed by atoms with Gasteiger partial charge in [0.25, 0.3) is 0 Å². The van der Waals surface area contributed by atoms with Crippen LogP contribution in [0.1, 0.15) is 0 Å². The fourth-order valence-electron chi connectivity index (χ4n) is 0.612. The van der Waals surface area contributed by atoms with E-state index >= 15 is 0 Å². The zero-order valence-corrected chi connectivity index (χ0v) is 8.54. The highest BCUT2D eigenvalue weighted by Crippen LogP contribution is 1.82. The summed E-state index contributed by atoms with van der Waals surface area (Å²) < 4.78 is 10.5. The summed E-state index contributed by atoms with van der Waals surface area (Å²) in [4.78, 5) is 3.96. The smallest absolute Gasteiger partial charge is 0.0986 e. The van der Waals surface area contributed by atoms with Crippen molar-refractivity contribution in [3.63, 3.8) is 0 Å². The molecule has 4 nitrogen and oxygen atoms in total. The standard InChI is InChI=1S/C8H20N2O2/c1-9(2)7-11-5-6-12-8-10(3)4/h5-8H2,1-4H3. The van der Waals surface area contributed by atoms with Crippen LogP contribution in [0.25, 0.3) is 0 Å². The Kier molecular flexibility index (Phi) is 7.39. The average molecular weight is 176 g/mol. The fraction of sp³-hybridized carbons (Fsp3) is 1.00. The van der Waals surface area contributed by atoms with Gasteiger partial charge in [-0.1, -0.05) is 0 Å². The van der Waals surface area contributed by atoms with Crippen LogP contribution in [0.15, 0.2) is 0 Å². The molecule has 0 aliphatic rings. The van der Waals surface area contributed by atoms with Gasteiger partial charge in [0.1, 0.15) is 0 Å². The highest BCUT2D eigenvalue weighted by Gasteiger charge is 1.91. The van der Waals surface area contributed by atoms with Crippen LogP contribution in [0.2, 0.25) is 0 Å². The van der Waals surface area contributed by atoms with Crippen molar-refractivity contribution in [1.29, 1.82) is 0 Å². The zero-order valence-electron chi connectivity index (χ0n) is 8.54. The van der Waals surface area contributed by atoms with Crippen molar-refractivity contribution in [3.05, 3.63) is 0 Å². The molecule has 0 radical (unpaired) electrons. The SMILES string of the molecule is CN(C)COCCOCN(C)C. The van der Waals surface area contributed by atoms with Crippen LogP contribution in [0.5, 0.6) is 0 Å². The van der Waals surface area contributed by atoms with Gasteiger partial charge in [-0.2, -0.15) is 0 Å². The van der Waals surface area contributed by atoms with Crippen molar-refractivity contribution in [2.24, 2.45) is 0 Å². The highest BCUT2D eigenvalue weighted by atomic mass is 16.5. The van der Waals surface area contributed by atoms with Gasteiger partial charge in [0.2, 0.25) is 0 Å². The molecule has 0 bridgehead atoms. The topological polar surface area (TPSA) is 24.9 Å². The molecular formula is C8H20N2O2. The Morgan fingerprint density at radius 3 is 1.33 bits per heavy atom. The van der Waals surface area contributed by atoms with Gasteiger partial charge in [-0.15, -0.1) is 0 Å². The van der Waals surface area contributed by atoms with Crippen molar-refractivity contribution in [3.8, 4) is 0 Å². The summed E-state index contributed by atoms with van der Waals surface area (Å²) in [7, 11) is 7.89.